The van der Waals surface area contributed by atoms with E-state index in [4.69, 9.17) is 10.4 Å². The Morgan fingerprint density at radius 3 is 2.62 bits per heavy atom. The third-order valence-corrected chi connectivity index (χ3v) is 2.13. The zero-order chi connectivity index (χ0) is 12.3. The lowest BCUT2D eigenvalue weighted by Crippen LogP contribution is -2.17. The van der Waals surface area contributed by atoms with E-state index in [0.29, 0.717) is 5.56 Å². The van der Waals surface area contributed by atoms with Gasteiger partial charge in [-0.05, 0) is 13.0 Å². The minimum Gasteiger partial charge on any atom is -0.384 e. The van der Waals surface area contributed by atoms with Crippen molar-refractivity contribution in [2.24, 2.45) is 0 Å². The van der Waals surface area contributed by atoms with Crippen LogP contribution in [0.15, 0.2) is 18.2 Å². The molecule has 0 amide bonds. The van der Waals surface area contributed by atoms with Gasteiger partial charge in [-0.25, -0.2) is 0 Å². The van der Waals surface area contributed by atoms with E-state index >= 15 is 0 Å². The molecule has 0 radical (unpaired) electrons. The number of aliphatic hydroxyl groups excluding tert-OH is 2. The average molecular weight is 222 g/mol. The van der Waals surface area contributed by atoms with Crippen molar-refractivity contribution in [3.8, 4) is 6.07 Å². The van der Waals surface area contributed by atoms with E-state index in [0.717, 1.165) is 0 Å². The molecule has 0 heterocycles. The van der Waals surface area contributed by atoms with Gasteiger partial charge in [0, 0.05) is 6.07 Å². The van der Waals surface area contributed by atoms with Gasteiger partial charge in [0.15, 0.2) is 6.10 Å². The number of hydrogen-bond donors (Lipinski definition) is 2. The molecule has 0 saturated heterocycles. The highest BCUT2D eigenvalue weighted by Crippen LogP contribution is 2.28. The minimum absolute atomic E-state index is 0.0564. The van der Waals surface area contributed by atoms with E-state index < -0.39 is 17.1 Å². The van der Waals surface area contributed by atoms with E-state index in [-0.39, 0.29) is 11.3 Å². The molecule has 1 aromatic rings. The Morgan fingerprint density at radius 2 is 2.12 bits per heavy atom. The number of aryl methyl sites for hydroxylation is 1. The van der Waals surface area contributed by atoms with E-state index in [9.17, 15) is 15.2 Å². The molecule has 0 saturated carbocycles. The van der Waals surface area contributed by atoms with Crippen LogP contribution in [-0.2, 0) is 0 Å². The van der Waals surface area contributed by atoms with Crippen LogP contribution in [0.5, 0.6) is 0 Å². The highest BCUT2D eigenvalue weighted by atomic mass is 16.6. The summed E-state index contributed by atoms with van der Waals surface area (Å²) in [5.41, 5.74) is 0.330. The van der Waals surface area contributed by atoms with Gasteiger partial charge in [-0.1, -0.05) is 11.6 Å². The molecule has 16 heavy (non-hydrogen) atoms. The van der Waals surface area contributed by atoms with Crippen LogP contribution in [0.3, 0.4) is 0 Å². The lowest BCUT2D eigenvalue weighted by molar-refractivity contribution is -0.386. The van der Waals surface area contributed by atoms with Crippen molar-refractivity contribution < 1.29 is 15.1 Å². The molecule has 0 aliphatic rings. The summed E-state index contributed by atoms with van der Waals surface area (Å²) in [7, 11) is 0. The number of nitrogens with zero attached hydrogens (tertiary/aromatic N) is 2. The molecule has 0 aliphatic heterocycles. The smallest absolute Gasteiger partial charge is 0.275 e. The lowest BCUT2D eigenvalue weighted by atomic mass is 10.0. The van der Waals surface area contributed by atoms with Gasteiger partial charge < -0.3 is 10.2 Å². The van der Waals surface area contributed by atoms with Gasteiger partial charge in [-0.15, -0.1) is 0 Å². The molecule has 1 aromatic carbocycles. The summed E-state index contributed by atoms with van der Waals surface area (Å²) < 4.78 is 0. The molecule has 84 valence electrons. The second-order valence-electron chi connectivity index (χ2n) is 3.34. The van der Waals surface area contributed by atoms with Gasteiger partial charge in [0.05, 0.1) is 16.6 Å². The second kappa shape index (κ2) is 4.70. The standard InChI is InChI=1S/C10H10N2O4/c1-6-2-3-8(12(15)16)7(4-6)10(14)9(13)5-11/h2-4,9-10,13-14H,1H3. The Labute approximate surface area is 91.5 Å². The molecule has 0 fully saturated rings. The van der Waals surface area contributed by atoms with Crippen molar-refractivity contribution >= 4 is 5.69 Å². The molecule has 2 N–H and O–H groups in total. The molecule has 0 aliphatic carbocycles. The van der Waals surface area contributed by atoms with Crippen molar-refractivity contribution in [3.63, 3.8) is 0 Å². The number of rotatable bonds is 3. The topological polar surface area (TPSA) is 107 Å². The molecule has 1 rings (SSSR count). The number of nitriles is 1. The molecule has 0 spiro atoms. The summed E-state index contributed by atoms with van der Waals surface area (Å²) in [6.07, 6.45) is -3.26. The Morgan fingerprint density at radius 1 is 1.50 bits per heavy atom. The highest BCUT2D eigenvalue weighted by molar-refractivity contribution is 5.44. The third-order valence-electron chi connectivity index (χ3n) is 2.13. The SMILES string of the molecule is Cc1ccc([N+](=O)[O-])c(C(O)C(O)C#N)c1. The van der Waals surface area contributed by atoms with Crippen molar-refractivity contribution in [1.82, 2.24) is 0 Å². The third kappa shape index (κ3) is 2.34. The van der Waals surface area contributed by atoms with E-state index in [2.05, 4.69) is 0 Å². The summed E-state index contributed by atoms with van der Waals surface area (Å²) in [5, 5.41) is 37.8. The Kier molecular flexibility index (Phi) is 3.55. The molecule has 6 nitrogen and oxygen atoms in total. The van der Waals surface area contributed by atoms with Crippen LogP contribution in [0.1, 0.15) is 17.2 Å². The van der Waals surface area contributed by atoms with Crippen LogP contribution in [-0.4, -0.2) is 21.2 Å². The van der Waals surface area contributed by atoms with Crippen LogP contribution in [0, 0.1) is 28.4 Å². The Balaban J connectivity index is 3.25. The van der Waals surface area contributed by atoms with E-state index in [1.165, 1.54) is 24.3 Å². The maximum Gasteiger partial charge on any atom is 0.275 e. The summed E-state index contributed by atoms with van der Waals surface area (Å²) in [6.45, 7) is 1.69. The largest absolute Gasteiger partial charge is 0.384 e. The zero-order valence-corrected chi connectivity index (χ0v) is 8.49. The molecular weight excluding hydrogens is 212 g/mol. The van der Waals surface area contributed by atoms with Crippen LogP contribution >= 0.6 is 0 Å². The average Bonchev–Trinajstić information content (AvgIpc) is 2.26. The molecular formula is C10H10N2O4. The minimum atomic E-state index is -1.68. The number of aliphatic hydroxyl groups is 2. The van der Waals surface area contributed by atoms with Crippen LogP contribution in [0.25, 0.3) is 0 Å². The predicted molar refractivity (Wildman–Crippen MR) is 54.4 cm³/mol. The number of nitro benzene ring substituents is 1. The zero-order valence-electron chi connectivity index (χ0n) is 8.49. The summed E-state index contributed by atoms with van der Waals surface area (Å²) >= 11 is 0. The van der Waals surface area contributed by atoms with Gasteiger partial charge in [0.1, 0.15) is 6.10 Å². The molecule has 0 bridgehead atoms. The summed E-state index contributed by atoms with van der Waals surface area (Å²) in [4.78, 5) is 10.0. The predicted octanol–water partition coefficient (Wildman–Crippen LogP) is 0.821. The number of benzene rings is 1. The normalized spacial score (nSPS) is 13.9. The molecule has 6 heteroatoms. The monoisotopic (exact) mass is 222 g/mol. The summed E-state index contributed by atoms with van der Waals surface area (Å²) in [5.74, 6) is 0. The van der Waals surface area contributed by atoms with Crippen molar-refractivity contribution in [2.45, 2.75) is 19.1 Å². The molecule has 2 atom stereocenters. The van der Waals surface area contributed by atoms with Gasteiger partial charge in [-0.3, -0.25) is 10.1 Å². The van der Waals surface area contributed by atoms with Crippen LogP contribution in [0.4, 0.5) is 5.69 Å². The number of nitro groups is 1. The van der Waals surface area contributed by atoms with Crippen LogP contribution in [0.2, 0.25) is 0 Å². The molecule has 0 aromatic heterocycles. The molecule has 2 unspecified atom stereocenters. The fourth-order valence-corrected chi connectivity index (χ4v) is 1.32. The fourth-order valence-electron chi connectivity index (χ4n) is 1.32. The van der Waals surface area contributed by atoms with Crippen LogP contribution < -0.4 is 0 Å². The quantitative estimate of drug-likeness (QED) is 0.447. The van der Waals surface area contributed by atoms with Crippen molar-refractivity contribution in [2.75, 3.05) is 0 Å². The van der Waals surface area contributed by atoms with E-state index in [1.54, 1.807) is 6.92 Å². The van der Waals surface area contributed by atoms with Crippen molar-refractivity contribution in [3.05, 3.63) is 39.4 Å². The maximum absolute atomic E-state index is 10.7. The van der Waals surface area contributed by atoms with Gasteiger partial charge in [0.25, 0.3) is 5.69 Å². The first-order valence-electron chi connectivity index (χ1n) is 4.48. The fraction of sp³-hybridized carbons (Fsp3) is 0.300. The second-order valence-corrected chi connectivity index (χ2v) is 3.34. The highest BCUT2D eigenvalue weighted by Gasteiger charge is 2.26. The lowest BCUT2D eigenvalue weighted by Gasteiger charge is -2.12. The number of hydrogen-bond acceptors (Lipinski definition) is 5. The van der Waals surface area contributed by atoms with Gasteiger partial charge in [0.2, 0.25) is 0 Å². The Bertz CT molecular complexity index is 453. The Hall–Kier alpha value is -1.97. The van der Waals surface area contributed by atoms with Crippen molar-refractivity contribution in [1.29, 1.82) is 5.26 Å². The first kappa shape index (κ1) is 12.1. The van der Waals surface area contributed by atoms with Gasteiger partial charge >= 0.3 is 0 Å². The maximum atomic E-state index is 10.7. The first-order valence-corrected chi connectivity index (χ1v) is 4.48. The first-order chi connectivity index (χ1) is 7.47. The van der Waals surface area contributed by atoms with Gasteiger partial charge in [-0.2, -0.15) is 5.26 Å². The summed E-state index contributed by atoms with van der Waals surface area (Å²) in [6, 6.07) is 5.57. The van der Waals surface area contributed by atoms with E-state index in [1.807, 2.05) is 0 Å².